The Morgan fingerprint density at radius 1 is 1.10 bits per heavy atom. The van der Waals surface area contributed by atoms with Gasteiger partial charge >= 0.3 is 0 Å². The smallest absolute Gasteiger partial charge is 0.251 e. The Labute approximate surface area is 121 Å². The van der Waals surface area contributed by atoms with Crippen LogP contribution < -0.4 is 10.6 Å². The highest BCUT2D eigenvalue weighted by Gasteiger charge is 2.04. The van der Waals surface area contributed by atoms with Crippen molar-refractivity contribution in [1.29, 1.82) is 0 Å². The lowest BCUT2D eigenvalue weighted by Gasteiger charge is -2.07. The van der Waals surface area contributed by atoms with Crippen molar-refractivity contribution in [2.24, 2.45) is 0 Å². The van der Waals surface area contributed by atoms with E-state index in [0.29, 0.717) is 18.7 Å². The van der Waals surface area contributed by atoms with Crippen LogP contribution in [0.4, 0.5) is 5.69 Å². The van der Waals surface area contributed by atoms with E-state index >= 15 is 0 Å². The number of hydrogen-bond donors (Lipinski definition) is 2. The molecule has 20 heavy (non-hydrogen) atoms. The molecule has 0 aliphatic carbocycles. The second-order valence-corrected chi connectivity index (χ2v) is 4.68. The zero-order valence-electron chi connectivity index (χ0n) is 12.6. The lowest BCUT2D eigenvalue weighted by Crippen LogP contribution is -2.25. The third kappa shape index (κ3) is 6.57. The lowest BCUT2D eigenvalue weighted by atomic mass is 10.2. The fourth-order valence-electron chi connectivity index (χ4n) is 1.77. The van der Waals surface area contributed by atoms with E-state index in [9.17, 15) is 4.79 Å². The van der Waals surface area contributed by atoms with Gasteiger partial charge in [0.2, 0.25) is 0 Å². The first-order valence-corrected chi connectivity index (χ1v) is 7.47. The summed E-state index contributed by atoms with van der Waals surface area (Å²) in [4.78, 5) is 11.9. The molecule has 0 saturated heterocycles. The number of unbranched alkanes of at least 4 members (excludes halogenated alkanes) is 1. The van der Waals surface area contributed by atoms with Gasteiger partial charge < -0.3 is 15.4 Å². The summed E-state index contributed by atoms with van der Waals surface area (Å²) in [5, 5.41) is 6.10. The van der Waals surface area contributed by atoms with Gasteiger partial charge in [-0.2, -0.15) is 0 Å². The molecule has 0 bridgehead atoms. The summed E-state index contributed by atoms with van der Waals surface area (Å²) >= 11 is 0. The minimum Gasteiger partial charge on any atom is -0.385 e. The maximum absolute atomic E-state index is 11.9. The molecule has 0 spiro atoms. The van der Waals surface area contributed by atoms with Crippen LogP contribution in [0.15, 0.2) is 24.3 Å². The van der Waals surface area contributed by atoms with Crippen molar-refractivity contribution in [2.45, 2.75) is 33.1 Å². The highest BCUT2D eigenvalue weighted by molar-refractivity contribution is 5.94. The Kier molecular flexibility index (Phi) is 8.47. The first kappa shape index (κ1) is 16.5. The summed E-state index contributed by atoms with van der Waals surface area (Å²) in [5.41, 5.74) is 1.73. The number of benzene rings is 1. The highest BCUT2D eigenvalue weighted by Crippen LogP contribution is 2.08. The van der Waals surface area contributed by atoms with Crippen LogP contribution in [0.5, 0.6) is 0 Å². The van der Waals surface area contributed by atoms with Crippen molar-refractivity contribution < 1.29 is 9.53 Å². The molecule has 1 aromatic rings. The molecule has 0 saturated carbocycles. The van der Waals surface area contributed by atoms with Gasteiger partial charge in [0.05, 0.1) is 0 Å². The van der Waals surface area contributed by atoms with Gasteiger partial charge in [-0.25, -0.2) is 0 Å². The molecular formula is C16H26N2O2. The molecule has 0 aliphatic heterocycles. The van der Waals surface area contributed by atoms with Gasteiger partial charge in [-0.05, 0) is 44.0 Å². The minimum absolute atomic E-state index is 0.0263. The Bertz CT molecular complexity index is 377. The number of carbonyl (C=O) groups is 1. The SMILES string of the molecule is CCCCOCCCNC(=O)c1ccc(NCC)cc1. The first-order valence-electron chi connectivity index (χ1n) is 7.47. The number of rotatable bonds is 10. The third-order valence-corrected chi connectivity index (χ3v) is 2.92. The zero-order valence-corrected chi connectivity index (χ0v) is 12.6. The second-order valence-electron chi connectivity index (χ2n) is 4.68. The molecule has 1 rings (SSSR count). The molecule has 2 N–H and O–H groups in total. The fourth-order valence-corrected chi connectivity index (χ4v) is 1.77. The summed E-state index contributed by atoms with van der Waals surface area (Å²) < 4.78 is 5.44. The molecule has 0 atom stereocenters. The van der Waals surface area contributed by atoms with E-state index in [2.05, 4.69) is 17.6 Å². The molecular weight excluding hydrogens is 252 g/mol. The predicted molar refractivity (Wildman–Crippen MR) is 83.3 cm³/mol. The number of anilines is 1. The van der Waals surface area contributed by atoms with Crippen LogP contribution in [0.3, 0.4) is 0 Å². The average molecular weight is 278 g/mol. The van der Waals surface area contributed by atoms with Crippen molar-refractivity contribution in [3.05, 3.63) is 29.8 Å². The number of carbonyl (C=O) groups excluding carboxylic acids is 1. The Balaban J connectivity index is 2.18. The standard InChI is InChI=1S/C16H26N2O2/c1-3-5-12-20-13-6-11-18-16(19)14-7-9-15(10-8-14)17-4-2/h7-10,17H,3-6,11-13H2,1-2H3,(H,18,19). The van der Waals surface area contributed by atoms with Crippen LogP contribution in [0.1, 0.15) is 43.5 Å². The number of ether oxygens (including phenoxy) is 1. The van der Waals surface area contributed by atoms with Gasteiger partial charge in [0.25, 0.3) is 5.91 Å². The first-order chi connectivity index (χ1) is 9.77. The maximum atomic E-state index is 11.9. The van der Waals surface area contributed by atoms with Crippen LogP contribution in [-0.2, 0) is 4.74 Å². The minimum atomic E-state index is -0.0263. The molecule has 0 aromatic heterocycles. The number of amides is 1. The van der Waals surface area contributed by atoms with Crippen molar-refractivity contribution in [2.75, 3.05) is 31.6 Å². The summed E-state index contributed by atoms with van der Waals surface area (Å²) in [7, 11) is 0. The molecule has 4 nitrogen and oxygen atoms in total. The Morgan fingerprint density at radius 2 is 1.80 bits per heavy atom. The normalized spacial score (nSPS) is 10.3. The van der Waals surface area contributed by atoms with E-state index in [1.807, 2.05) is 31.2 Å². The lowest BCUT2D eigenvalue weighted by molar-refractivity contribution is 0.0940. The van der Waals surface area contributed by atoms with E-state index in [4.69, 9.17) is 4.74 Å². The highest BCUT2D eigenvalue weighted by atomic mass is 16.5. The van der Waals surface area contributed by atoms with Gasteiger partial charge in [-0.1, -0.05) is 13.3 Å². The van der Waals surface area contributed by atoms with Crippen molar-refractivity contribution in [3.8, 4) is 0 Å². The van der Waals surface area contributed by atoms with Gasteiger partial charge in [0, 0.05) is 37.6 Å². The van der Waals surface area contributed by atoms with Crippen molar-refractivity contribution in [3.63, 3.8) is 0 Å². The average Bonchev–Trinajstić information content (AvgIpc) is 2.47. The largest absolute Gasteiger partial charge is 0.385 e. The predicted octanol–water partition coefficient (Wildman–Crippen LogP) is 3.06. The zero-order chi connectivity index (χ0) is 14.6. The van der Waals surface area contributed by atoms with Crippen molar-refractivity contribution in [1.82, 2.24) is 5.32 Å². The molecule has 0 fully saturated rings. The van der Waals surface area contributed by atoms with Crippen LogP contribution in [0.25, 0.3) is 0 Å². The quantitative estimate of drug-likeness (QED) is 0.647. The number of hydrogen-bond acceptors (Lipinski definition) is 3. The topological polar surface area (TPSA) is 50.4 Å². The van der Waals surface area contributed by atoms with E-state index in [0.717, 1.165) is 38.1 Å². The summed E-state index contributed by atoms with van der Waals surface area (Å²) in [6, 6.07) is 7.52. The molecule has 1 amide bonds. The van der Waals surface area contributed by atoms with Crippen LogP contribution in [-0.4, -0.2) is 32.2 Å². The van der Waals surface area contributed by atoms with Gasteiger partial charge in [0.1, 0.15) is 0 Å². The fraction of sp³-hybridized carbons (Fsp3) is 0.562. The molecule has 0 radical (unpaired) electrons. The van der Waals surface area contributed by atoms with Crippen LogP contribution in [0.2, 0.25) is 0 Å². The van der Waals surface area contributed by atoms with Crippen LogP contribution >= 0.6 is 0 Å². The molecule has 1 aromatic carbocycles. The second kappa shape index (κ2) is 10.3. The van der Waals surface area contributed by atoms with E-state index in [1.165, 1.54) is 0 Å². The summed E-state index contributed by atoms with van der Waals surface area (Å²) in [5.74, 6) is -0.0263. The third-order valence-electron chi connectivity index (χ3n) is 2.92. The van der Waals surface area contributed by atoms with E-state index in [-0.39, 0.29) is 5.91 Å². The van der Waals surface area contributed by atoms with Crippen molar-refractivity contribution >= 4 is 11.6 Å². The Hall–Kier alpha value is -1.55. The van der Waals surface area contributed by atoms with Crippen LogP contribution in [0, 0.1) is 0 Å². The van der Waals surface area contributed by atoms with E-state index < -0.39 is 0 Å². The molecule has 0 aliphatic rings. The summed E-state index contributed by atoms with van der Waals surface area (Å²) in [6.07, 6.45) is 3.11. The monoisotopic (exact) mass is 278 g/mol. The number of nitrogens with one attached hydrogen (secondary N) is 2. The molecule has 112 valence electrons. The van der Waals surface area contributed by atoms with Gasteiger partial charge in [0.15, 0.2) is 0 Å². The van der Waals surface area contributed by atoms with Gasteiger partial charge in [-0.3, -0.25) is 4.79 Å². The van der Waals surface area contributed by atoms with Gasteiger partial charge in [-0.15, -0.1) is 0 Å². The summed E-state index contributed by atoms with van der Waals surface area (Å²) in [6.45, 7) is 7.24. The maximum Gasteiger partial charge on any atom is 0.251 e. The Morgan fingerprint density at radius 3 is 2.45 bits per heavy atom. The molecule has 4 heteroatoms. The molecule has 0 heterocycles. The van der Waals surface area contributed by atoms with E-state index in [1.54, 1.807) is 0 Å². The molecule has 0 unspecified atom stereocenters.